The molecule has 192 valence electrons. The molecule has 7 rings (SSSR count). The Bertz CT molecular complexity index is 1710. The molecule has 0 saturated carbocycles. The van der Waals surface area contributed by atoms with Crippen molar-refractivity contribution in [3.05, 3.63) is 140 Å². The largest absolute Gasteiger partial charge is 0.475 e. The van der Waals surface area contributed by atoms with Crippen LogP contribution in [0.4, 0.5) is 0 Å². The number of para-hydroxylation sites is 2. The first kappa shape index (κ1) is 24.7. The normalized spacial score (nSPS) is 16.3. The predicted octanol–water partition coefficient (Wildman–Crippen LogP) is 10.5. The fourth-order valence-electron chi connectivity index (χ4n) is 5.47. The third kappa shape index (κ3) is 3.65. The van der Waals surface area contributed by atoms with E-state index < -0.39 is 11.7 Å². The van der Waals surface area contributed by atoms with Gasteiger partial charge in [0.1, 0.15) is 21.5 Å². The van der Waals surface area contributed by atoms with Crippen LogP contribution in [0.25, 0.3) is 11.1 Å². The first-order chi connectivity index (χ1) is 19.0. The molecule has 0 radical (unpaired) electrons. The number of fused-ring (bicyclic) bond motifs is 5. The van der Waals surface area contributed by atoms with Gasteiger partial charge in [0.15, 0.2) is 17.6 Å². The Morgan fingerprint density at radius 3 is 1.74 bits per heavy atom. The maximum absolute atomic E-state index is 7.05. The van der Waals surface area contributed by atoms with Gasteiger partial charge in [-0.3, -0.25) is 0 Å². The maximum Gasteiger partial charge on any atom is 0.207 e. The zero-order valence-corrected chi connectivity index (χ0v) is 23.2. The van der Waals surface area contributed by atoms with Gasteiger partial charge in [0, 0.05) is 16.7 Å². The SMILES string of the molecule is Clc1c(Cl)c(Cl)c2c(c1Cl)OC(c1ccccc1-c1ccccc1)C1(O2)c2ccccc2Oc2ccccc21. The maximum atomic E-state index is 7.05. The lowest BCUT2D eigenvalue weighted by atomic mass is 9.74. The predicted molar refractivity (Wildman–Crippen MR) is 156 cm³/mol. The van der Waals surface area contributed by atoms with Gasteiger partial charge in [-0.25, -0.2) is 0 Å². The molecule has 0 amide bonds. The Labute approximate surface area is 245 Å². The van der Waals surface area contributed by atoms with E-state index in [2.05, 4.69) is 18.2 Å². The average Bonchev–Trinajstić information content (AvgIpc) is 2.99. The molecule has 3 nitrogen and oxygen atoms in total. The summed E-state index contributed by atoms with van der Waals surface area (Å²) in [7, 11) is 0. The zero-order chi connectivity index (χ0) is 26.7. The third-order valence-corrected chi connectivity index (χ3v) is 8.94. The summed E-state index contributed by atoms with van der Waals surface area (Å²) in [6, 6.07) is 33.7. The van der Waals surface area contributed by atoms with Gasteiger partial charge in [-0.1, -0.05) is 137 Å². The molecular weight excluding hydrogens is 574 g/mol. The molecule has 2 heterocycles. The highest BCUT2D eigenvalue weighted by Crippen LogP contribution is 2.63. The average molecular weight is 592 g/mol. The highest BCUT2D eigenvalue weighted by molar-refractivity contribution is 6.53. The summed E-state index contributed by atoms with van der Waals surface area (Å²) in [5.41, 5.74) is 3.25. The standard InChI is InChI=1S/C32H18Cl4O3/c33-25-26(34)28(36)30-29(27(25)35)38-31(20-13-5-4-12-19(20)18-10-2-1-3-11-18)32(39-30)21-14-6-8-16-23(21)37-24-17-9-7-15-22(24)32/h1-17,31H. The van der Waals surface area contributed by atoms with Gasteiger partial charge in [-0.2, -0.15) is 0 Å². The molecule has 1 unspecified atom stereocenters. The van der Waals surface area contributed by atoms with Crippen molar-refractivity contribution < 1.29 is 14.2 Å². The second-order valence-electron chi connectivity index (χ2n) is 9.30. The van der Waals surface area contributed by atoms with Gasteiger partial charge in [-0.15, -0.1) is 0 Å². The topological polar surface area (TPSA) is 27.7 Å². The summed E-state index contributed by atoms with van der Waals surface area (Å²) in [4.78, 5) is 0. The van der Waals surface area contributed by atoms with Crippen molar-refractivity contribution in [2.75, 3.05) is 0 Å². The Morgan fingerprint density at radius 1 is 0.538 bits per heavy atom. The lowest BCUT2D eigenvalue weighted by Crippen LogP contribution is -2.47. The molecule has 7 heteroatoms. The Kier molecular flexibility index (Phi) is 5.94. The summed E-state index contributed by atoms with van der Waals surface area (Å²) in [5.74, 6) is 1.74. The molecule has 5 aromatic rings. The Morgan fingerprint density at radius 2 is 1.08 bits per heavy atom. The van der Waals surface area contributed by atoms with Crippen LogP contribution >= 0.6 is 46.4 Å². The van der Waals surface area contributed by atoms with Crippen LogP contribution in [0.3, 0.4) is 0 Å². The van der Waals surface area contributed by atoms with Gasteiger partial charge in [0.25, 0.3) is 0 Å². The van der Waals surface area contributed by atoms with E-state index in [0.717, 1.165) is 27.8 Å². The second kappa shape index (κ2) is 9.39. The molecule has 0 aliphatic carbocycles. The first-order valence-corrected chi connectivity index (χ1v) is 13.7. The number of hydrogen-bond acceptors (Lipinski definition) is 3. The highest BCUT2D eigenvalue weighted by atomic mass is 35.5. The molecule has 0 fully saturated rings. The number of benzene rings is 5. The van der Waals surface area contributed by atoms with Crippen molar-refractivity contribution in [1.82, 2.24) is 0 Å². The molecule has 5 aromatic carbocycles. The van der Waals surface area contributed by atoms with E-state index in [4.69, 9.17) is 60.6 Å². The van der Waals surface area contributed by atoms with Crippen molar-refractivity contribution >= 4 is 46.4 Å². The van der Waals surface area contributed by atoms with Crippen molar-refractivity contribution in [2.24, 2.45) is 0 Å². The van der Waals surface area contributed by atoms with Gasteiger partial charge >= 0.3 is 0 Å². The van der Waals surface area contributed by atoms with E-state index in [0.29, 0.717) is 11.5 Å². The van der Waals surface area contributed by atoms with Crippen LogP contribution in [-0.2, 0) is 5.60 Å². The molecule has 2 aliphatic heterocycles. The van der Waals surface area contributed by atoms with Gasteiger partial charge < -0.3 is 14.2 Å². The number of hydrogen-bond donors (Lipinski definition) is 0. The van der Waals surface area contributed by atoms with E-state index in [1.54, 1.807) is 0 Å². The summed E-state index contributed by atoms with van der Waals surface area (Å²) in [5, 5.41) is 0.450. The van der Waals surface area contributed by atoms with E-state index in [9.17, 15) is 0 Å². The van der Waals surface area contributed by atoms with Crippen molar-refractivity contribution in [1.29, 1.82) is 0 Å². The molecule has 39 heavy (non-hydrogen) atoms. The smallest absolute Gasteiger partial charge is 0.207 e. The molecular formula is C32H18Cl4O3. The van der Waals surface area contributed by atoms with E-state index in [-0.39, 0.29) is 31.6 Å². The molecule has 1 spiro atoms. The summed E-state index contributed by atoms with van der Waals surface area (Å²) in [6.45, 7) is 0. The minimum absolute atomic E-state index is 0.0950. The number of halogens is 4. The van der Waals surface area contributed by atoms with Gasteiger partial charge in [-0.05, 0) is 23.3 Å². The van der Waals surface area contributed by atoms with Gasteiger partial charge in [0.2, 0.25) is 5.60 Å². The van der Waals surface area contributed by atoms with Crippen molar-refractivity contribution in [3.8, 4) is 34.1 Å². The molecule has 0 bridgehead atoms. The van der Waals surface area contributed by atoms with Crippen LogP contribution in [-0.4, -0.2) is 0 Å². The van der Waals surface area contributed by atoms with Gasteiger partial charge in [0.05, 0.1) is 10.0 Å². The van der Waals surface area contributed by atoms with E-state index in [1.165, 1.54) is 0 Å². The van der Waals surface area contributed by atoms with E-state index >= 15 is 0 Å². The summed E-state index contributed by atoms with van der Waals surface area (Å²) >= 11 is 26.4. The first-order valence-electron chi connectivity index (χ1n) is 12.2. The quantitative estimate of drug-likeness (QED) is 0.151. The van der Waals surface area contributed by atoms with Crippen LogP contribution in [0, 0.1) is 0 Å². The fourth-order valence-corrected chi connectivity index (χ4v) is 6.37. The lowest BCUT2D eigenvalue weighted by molar-refractivity contribution is -0.0506. The second-order valence-corrected chi connectivity index (χ2v) is 10.8. The Balaban J connectivity index is 1.60. The van der Waals surface area contributed by atoms with Crippen molar-refractivity contribution in [2.45, 2.75) is 11.7 Å². The fraction of sp³-hybridized carbons (Fsp3) is 0.0625. The summed E-state index contributed by atoms with van der Waals surface area (Å²) < 4.78 is 20.3. The molecule has 2 aliphatic rings. The lowest BCUT2D eigenvalue weighted by Gasteiger charge is -2.48. The minimum atomic E-state index is -1.21. The van der Waals surface area contributed by atoms with Crippen LogP contribution in [0.1, 0.15) is 22.8 Å². The summed E-state index contributed by atoms with van der Waals surface area (Å²) in [6.07, 6.45) is -0.724. The number of rotatable bonds is 2. The Hall–Kier alpha value is -3.34. The molecule has 0 aromatic heterocycles. The van der Waals surface area contributed by atoms with E-state index in [1.807, 2.05) is 84.9 Å². The molecule has 0 N–H and O–H groups in total. The number of ether oxygens (including phenoxy) is 3. The van der Waals surface area contributed by atoms with Crippen LogP contribution in [0.5, 0.6) is 23.0 Å². The minimum Gasteiger partial charge on any atom is -0.475 e. The van der Waals surface area contributed by atoms with Crippen molar-refractivity contribution in [3.63, 3.8) is 0 Å². The highest BCUT2D eigenvalue weighted by Gasteiger charge is 2.57. The van der Waals surface area contributed by atoms with Crippen LogP contribution in [0.15, 0.2) is 103 Å². The van der Waals surface area contributed by atoms with Crippen LogP contribution in [0.2, 0.25) is 20.1 Å². The monoisotopic (exact) mass is 590 g/mol. The zero-order valence-electron chi connectivity index (χ0n) is 20.1. The van der Waals surface area contributed by atoms with Crippen LogP contribution < -0.4 is 14.2 Å². The third-order valence-electron chi connectivity index (χ3n) is 7.17. The molecule has 0 saturated heterocycles. The molecule has 1 atom stereocenters.